The zero-order chi connectivity index (χ0) is 18.7. The number of anilines is 1. The van der Waals surface area contributed by atoms with Crippen LogP contribution >= 0.6 is 23.4 Å². The maximum Gasteiger partial charge on any atom is 0.234 e. The molecule has 0 radical (unpaired) electrons. The summed E-state index contributed by atoms with van der Waals surface area (Å²) < 4.78 is 15.3. The summed E-state index contributed by atoms with van der Waals surface area (Å²) >= 11 is 7.44. The van der Waals surface area contributed by atoms with Crippen molar-refractivity contribution in [1.29, 1.82) is 0 Å². The highest BCUT2D eigenvalue weighted by Gasteiger charge is 2.15. The number of carbonyl (C=O) groups is 1. The van der Waals surface area contributed by atoms with Crippen LogP contribution in [0.1, 0.15) is 5.56 Å². The molecule has 0 aliphatic carbocycles. The Bertz CT molecular complexity index is 960. The van der Waals surface area contributed by atoms with Crippen molar-refractivity contribution in [1.82, 2.24) is 14.8 Å². The quantitative estimate of drug-likeness (QED) is 0.659. The monoisotopic (exact) mass is 390 g/mol. The Balaban J connectivity index is 1.66. The molecule has 1 heterocycles. The topological polar surface area (TPSA) is 59.8 Å². The average Bonchev–Trinajstić information content (AvgIpc) is 2.97. The fraction of sp³-hybridized carbons (Fsp3) is 0.167. The molecule has 3 rings (SSSR count). The van der Waals surface area contributed by atoms with Crippen molar-refractivity contribution in [3.63, 3.8) is 0 Å². The van der Waals surface area contributed by atoms with E-state index in [-0.39, 0.29) is 17.5 Å². The molecular formula is C18H16ClFN4OS. The summed E-state index contributed by atoms with van der Waals surface area (Å²) in [6, 6.07) is 11.9. The minimum atomic E-state index is -0.354. The number of carbonyl (C=O) groups excluding carboxylic acids is 1. The van der Waals surface area contributed by atoms with Crippen LogP contribution in [0.2, 0.25) is 5.02 Å². The number of rotatable bonds is 5. The van der Waals surface area contributed by atoms with E-state index in [2.05, 4.69) is 15.5 Å². The largest absolute Gasteiger partial charge is 0.325 e. The molecule has 0 aliphatic heterocycles. The van der Waals surface area contributed by atoms with Crippen LogP contribution in [-0.2, 0) is 11.8 Å². The van der Waals surface area contributed by atoms with Crippen molar-refractivity contribution in [3.05, 3.63) is 58.9 Å². The number of halogens is 2. The number of aryl methyl sites for hydroxylation is 1. The van der Waals surface area contributed by atoms with Crippen molar-refractivity contribution in [3.8, 4) is 11.4 Å². The summed E-state index contributed by atoms with van der Waals surface area (Å²) in [4.78, 5) is 12.1. The molecule has 8 heteroatoms. The number of nitrogens with zero attached hydrogens (tertiary/aromatic N) is 3. The smallest absolute Gasteiger partial charge is 0.234 e. The third-order valence-corrected chi connectivity index (χ3v) is 5.09. The first-order chi connectivity index (χ1) is 12.5. The van der Waals surface area contributed by atoms with Crippen LogP contribution in [0.25, 0.3) is 11.4 Å². The van der Waals surface area contributed by atoms with Crippen LogP contribution in [0, 0.1) is 12.7 Å². The molecule has 2 aromatic carbocycles. The first kappa shape index (κ1) is 18.4. The second-order valence-corrected chi connectivity index (χ2v) is 7.00. The first-order valence-electron chi connectivity index (χ1n) is 7.79. The highest BCUT2D eigenvalue weighted by molar-refractivity contribution is 7.99. The molecule has 0 saturated heterocycles. The normalized spacial score (nSPS) is 10.8. The van der Waals surface area contributed by atoms with Gasteiger partial charge in [-0.15, -0.1) is 10.2 Å². The van der Waals surface area contributed by atoms with Gasteiger partial charge in [-0.2, -0.15) is 0 Å². The Labute approximate surface area is 159 Å². The van der Waals surface area contributed by atoms with Gasteiger partial charge in [0.05, 0.1) is 10.8 Å². The maximum atomic E-state index is 13.5. The number of hydrogen-bond acceptors (Lipinski definition) is 4. The van der Waals surface area contributed by atoms with Crippen molar-refractivity contribution < 1.29 is 9.18 Å². The van der Waals surface area contributed by atoms with E-state index in [1.165, 1.54) is 17.8 Å². The highest BCUT2D eigenvalue weighted by atomic mass is 35.5. The predicted octanol–water partition coefficient (Wildman–Crippen LogP) is 4.31. The summed E-state index contributed by atoms with van der Waals surface area (Å²) in [6.07, 6.45) is 0. The van der Waals surface area contributed by atoms with Gasteiger partial charge >= 0.3 is 0 Å². The number of benzene rings is 2. The number of amides is 1. The fourth-order valence-electron chi connectivity index (χ4n) is 2.32. The second-order valence-electron chi connectivity index (χ2n) is 5.65. The van der Waals surface area contributed by atoms with Crippen LogP contribution in [0.5, 0.6) is 0 Å². The highest BCUT2D eigenvalue weighted by Crippen LogP contribution is 2.28. The summed E-state index contributed by atoms with van der Waals surface area (Å²) in [5.74, 6) is 0.150. The Hall–Kier alpha value is -2.38. The maximum absolute atomic E-state index is 13.5. The summed E-state index contributed by atoms with van der Waals surface area (Å²) in [7, 11) is 1.81. The Kier molecular flexibility index (Phi) is 5.58. The number of thioether (sulfide) groups is 1. The lowest BCUT2D eigenvalue weighted by Crippen LogP contribution is -2.14. The van der Waals surface area contributed by atoms with Gasteiger partial charge in [-0.05, 0) is 36.8 Å². The Morgan fingerprint density at radius 2 is 2.04 bits per heavy atom. The molecule has 0 spiro atoms. The van der Waals surface area contributed by atoms with Crippen LogP contribution in [0.15, 0.2) is 47.6 Å². The molecule has 3 aromatic rings. The fourth-order valence-corrected chi connectivity index (χ4v) is 3.25. The standard InChI is InChI=1S/C18H16ClFN4OS/c1-11-7-8-12(9-15(11)20)21-16(25)10-26-18-23-22-17(24(18)2)13-5-3-4-6-14(13)19/h3-9H,10H2,1-2H3,(H,21,25). The zero-order valence-electron chi connectivity index (χ0n) is 14.2. The molecular weight excluding hydrogens is 375 g/mol. The second kappa shape index (κ2) is 7.88. The lowest BCUT2D eigenvalue weighted by Gasteiger charge is -2.07. The molecule has 1 N–H and O–H groups in total. The van der Waals surface area contributed by atoms with Gasteiger partial charge in [-0.3, -0.25) is 4.79 Å². The van der Waals surface area contributed by atoms with E-state index in [1.54, 1.807) is 29.7 Å². The Morgan fingerprint density at radius 1 is 1.27 bits per heavy atom. The van der Waals surface area contributed by atoms with Crippen LogP contribution in [-0.4, -0.2) is 26.4 Å². The molecule has 1 aromatic heterocycles. The predicted molar refractivity (Wildman–Crippen MR) is 102 cm³/mol. The van der Waals surface area contributed by atoms with Crippen LogP contribution in [0.4, 0.5) is 10.1 Å². The summed E-state index contributed by atoms with van der Waals surface area (Å²) in [6.45, 7) is 1.67. The molecule has 134 valence electrons. The minimum Gasteiger partial charge on any atom is -0.325 e. The van der Waals surface area contributed by atoms with E-state index in [0.717, 1.165) is 5.56 Å². The van der Waals surface area contributed by atoms with Gasteiger partial charge < -0.3 is 9.88 Å². The lowest BCUT2D eigenvalue weighted by molar-refractivity contribution is -0.113. The SMILES string of the molecule is Cc1ccc(NC(=O)CSc2nnc(-c3ccccc3Cl)n2C)cc1F. The average molecular weight is 391 g/mol. The third kappa shape index (κ3) is 4.05. The van der Waals surface area contributed by atoms with Crippen molar-refractivity contribution in [2.24, 2.45) is 7.05 Å². The zero-order valence-corrected chi connectivity index (χ0v) is 15.7. The van der Waals surface area contributed by atoms with Gasteiger partial charge in [-0.1, -0.05) is 41.6 Å². The van der Waals surface area contributed by atoms with Gasteiger partial charge in [0, 0.05) is 18.3 Å². The van der Waals surface area contributed by atoms with E-state index in [4.69, 9.17) is 11.6 Å². The first-order valence-corrected chi connectivity index (χ1v) is 9.15. The Morgan fingerprint density at radius 3 is 2.77 bits per heavy atom. The van der Waals surface area contributed by atoms with E-state index < -0.39 is 0 Å². The van der Waals surface area contributed by atoms with Crippen molar-refractivity contribution in [2.45, 2.75) is 12.1 Å². The van der Waals surface area contributed by atoms with E-state index in [0.29, 0.717) is 27.3 Å². The van der Waals surface area contributed by atoms with Crippen LogP contribution in [0.3, 0.4) is 0 Å². The van der Waals surface area contributed by atoms with E-state index in [1.807, 2.05) is 25.2 Å². The van der Waals surface area contributed by atoms with Gasteiger partial charge in [0.25, 0.3) is 0 Å². The van der Waals surface area contributed by atoms with Gasteiger partial charge in [0.1, 0.15) is 5.82 Å². The number of aromatic nitrogens is 3. The van der Waals surface area contributed by atoms with Gasteiger partial charge in [0.15, 0.2) is 11.0 Å². The van der Waals surface area contributed by atoms with E-state index in [9.17, 15) is 9.18 Å². The number of nitrogens with one attached hydrogen (secondary N) is 1. The summed E-state index contributed by atoms with van der Waals surface area (Å²) in [5, 5.41) is 12.1. The molecule has 1 amide bonds. The molecule has 0 fully saturated rings. The third-order valence-electron chi connectivity index (χ3n) is 3.74. The molecule has 5 nitrogen and oxygen atoms in total. The van der Waals surface area contributed by atoms with Crippen molar-refractivity contribution in [2.75, 3.05) is 11.1 Å². The van der Waals surface area contributed by atoms with Crippen LogP contribution < -0.4 is 5.32 Å². The van der Waals surface area contributed by atoms with Crippen molar-refractivity contribution >= 4 is 35.0 Å². The number of hydrogen-bond donors (Lipinski definition) is 1. The summed E-state index contributed by atoms with van der Waals surface area (Å²) in [5.41, 5.74) is 1.73. The molecule has 0 saturated carbocycles. The molecule has 26 heavy (non-hydrogen) atoms. The molecule has 0 aliphatic rings. The molecule has 0 atom stereocenters. The minimum absolute atomic E-state index is 0.129. The molecule has 0 bridgehead atoms. The lowest BCUT2D eigenvalue weighted by atomic mass is 10.2. The van der Waals surface area contributed by atoms with Gasteiger partial charge in [-0.25, -0.2) is 4.39 Å². The van der Waals surface area contributed by atoms with E-state index >= 15 is 0 Å². The molecule has 0 unspecified atom stereocenters. The van der Waals surface area contributed by atoms with Gasteiger partial charge in [0.2, 0.25) is 5.91 Å².